The molecule has 0 aromatic carbocycles. The van der Waals surface area contributed by atoms with Gasteiger partial charge in [-0.15, -0.1) is 0 Å². The average Bonchev–Trinajstić information content (AvgIpc) is 2.21. The lowest BCUT2D eigenvalue weighted by Crippen LogP contribution is -2.41. The van der Waals surface area contributed by atoms with Gasteiger partial charge in [-0.2, -0.15) is 0 Å². The van der Waals surface area contributed by atoms with E-state index in [1.807, 2.05) is 6.92 Å². The van der Waals surface area contributed by atoms with Crippen LogP contribution in [0.3, 0.4) is 0 Å². The molecule has 0 aromatic rings. The highest BCUT2D eigenvalue weighted by molar-refractivity contribution is 5.78. The van der Waals surface area contributed by atoms with Crippen molar-refractivity contribution in [1.82, 2.24) is 5.32 Å². The first kappa shape index (κ1) is 13.5. The summed E-state index contributed by atoms with van der Waals surface area (Å²) in [5.41, 5.74) is 5.92. The monoisotopic (exact) mass is 226 g/mol. The SMILES string of the molecule is CC(CCN)C(=O)NC1CCC(C)(C)CC1. The molecule has 1 saturated carbocycles. The Morgan fingerprint density at radius 2 is 2.00 bits per heavy atom. The summed E-state index contributed by atoms with van der Waals surface area (Å²) in [6.45, 7) is 7.16. The Morgan fingerprint density at radius 1 is 1.44 bits per heavy atom. The van der Waals surface area contributed by atoms with E-state index in [0.29, 0.717) is 18.0 Å². The second-order valence-corrected chi connectivity index (χ2v) is 5.93. The van der Waals surface area contributed by atoms with E-state index < -0.39 is 0 Å². The molecule has 0 aromatic heterocycles. The van der Waals surface area contributed by atoms with E-state index in [1.54, 1.807) is 0 Å². The van der Waals surface area contributed by atoms with E-state index in [0.717, 1.165) is 19.3 Å². The first-order chi connectivity index (χ1) is 7.44. The summed E-state index contributed by atoms with van der Waals surface area (Å²) < 4.78 is 0. The lowest BCUT2D eigenvalue weighted by Gasteiger charge is -2.35. The first-order valence-corrected chi connectivity index (χ1v) is 6.45. The molecule has 1 atom stereocenters. The van der Waals surface area contributed by atoms with Gasteiger partial charge in [0.05, 0.1) is 0 Å². The summed E-state index contributed by atoms with van der Waals surface area (Å²) in [5.74, 6) is 0.232. The Hall–Kier alpha value is -0.570. The van der Waals surface area contributed by atoms with Gasteiger partial charge in [0.2, 0.25) is 5.91 Å². The molecule has 1 unspecified atom stereocenters. The van der Waals surface area contributed by atoms with Gasteiger partial charge in [-0.05, 0) is 44.1 Å². The summed E-state index contributed by atoms with van der Waals surface area (Å²) in [6.07, 6.45) is 5.44. The molecular formula is C13H26N2O. The number of carbonyl (C=O) groups excluding carboxylic acids is 1. The summed E-state index contributed by atoms with van der Waals surface area (Å²) in [4.78, 5) is 11.8. The molecule has 0 heterocycles. The van der Waals surface area contributed by atoms with Crippen molar-refractivity contribution in [3.05, 3.63) is 0 Å². The molecular weight excluding hydrogens is 200 g/mol. The van der Waals surface area contributed by atoms with E-state index in [2.05, 4.69) is 19.2 Å². The molecule has 0 spiro atoms. The van der Waals surface area contributed by atoms with Crippen LogP contribution >= 0.6 is 0 Å². The maximum absolute atomic E-state index is 11.8. The smallest absolute Gasteiger partial charge is 0.223 e. The van der Waals surface area contributed by atoms with Gasteiger partial charge < -0.3 is 11.1 Å². The van der Waals surface area contributed by atoms with Gasteiger partial charge in [0.1, 0.15) is 0 Å². The van der Waals surface area contributed by atoms with Crippen molar-refractivity contribution < 1.29 is 4.79 Å². The fraction of sp³-hybridized carbons (Fsp3) is 0.923. The van der Waals surface area contributed by atoms with E-state index in [4.69, 9.17) is 5.73 Å². The third-order valence-corrected chi connectivity index (χ3v) is 3.73. The molecule has 94 valence electrons. The lowest BCUT2D eigenvalue weighted by molar-refractivity contribution is -0.125. The minimum atomic E-state index is 0.0555. The number of rotatable bonds is 4. The third-order valence-electron chi connectivity index (χ3n) is 3.73. The molecule has 3 N–H and O–H groups in total. The number of amides is 1. The summed E-state index contributed by atoms with van der Waals surface area (Å²) in [6, 6.07) is 0.390. The van der Waals surface area contributed by atoms with Crippen LogP contribution in [0.1, 0.15) is 52.9 Å². The van der Waals surface area contributed by atoms with Crippen LogP contribution in [-0.2, 0) is 4.79 Å². The maximum Gasteiger partial charge on any atom is 0.223 e. The molecule has 0 bridgehead atoms. The van der Waals surface area contributed by atoms with Crippen LogP contribution < -0.4 is 11.1 Å². The minimum Gasteiger partial charge on any atom is -0.353 e. The standard InChI is InChI=1S/C13H26N2O/c1-10(6-9-14)12(16)15-11-4-7-13(2,3)8-5-11/h10-11H,4-9,14H2,1-3H3,(H,15,16). The van der Waals surface area contributed by atoms with Crippen molar-refractivity contribution in [2.24, 2.45) is 17.1 Å². The predicted molar refractivity (Wildman–Crippen MR) is 67.0 cm³/mol. The summed E-state index contributed by atoms with van der Waals surface area (Å²) in [5, 5.41) is 3.15. The number of nitrogens with one attached hydrogen (secondary N) is 1. The van der Waals surface area contributed by atoms with Crippen LogP contribution in [0.2, 0.25) is 0 Å². The topological polar surface area (TPSA) is 55.1 Å². The van der Waals surface area contributed by atoms with Crippen molar-refractivity contribution in [2.75, 3.05) is 6.54 Å². The Kier molecular flexibility index (Phi) is 4.78. The zero-order chi connectivity index (χ0) is 12.2. The third kappa shape index (κ3) is 4.12. The van der Waals surface area contributed by atoms with Gasteiger partial charge in [-0.1, -0.05) is 20.8 Å². The van der Waals surface area contributed by atoms with Gasteiger partial charge in [0, 0.05) is 12.0 Å². The van der Waals surface area contributed by atoms with E-state index in [9.17, 15) is 4.79 Å². The lowest BCUT2D eigenvalue weighted by atomic mass is 9.75. The molecule has 1 aliphatic carbocycles. The molecule has 0 aliphatic heterocycles. The Labute approximate surface area is 99.2 Å². The van der Waals surface area contributed by atoms with Crippen LogP contribution in [0.5, 0.6) is 0 Å². The Balaban J connectivity index is 2.31. The zero-order valence-electron chi connectivity index (χ0n) is 10.9. The number of hydrogen-bond donors (Lipinski definition) is 2. The second-order valence-electron chi connectivity index (χ2n) is 5.93. The van der Waals surface area contributed by atoms with Crippen molar-refractivity contribution in [2.45, 2.75) is 58.9 Å². The van der Waals surface area contributed by atoms with Gasteiger partial charge in [0.15, 0.2) is 0 Å². The molecule has 16 heavy (non-hydrogen) atoms. The molecule has 1 aliphatic rings. The molecule has 1 amide bonds. The van der Waals surface area contributed by atoms with E-state index in [1.165, 1.54) is 12.8 Å². The Morgan fingerprint density at radius 3 is 2.50 bits per heavy atom. The molecule has 0 radical (unpaired) electrons. The van der Waals surface area contributed by atoms with Crippen LogP contribution in [0, 0.1) is 11.3 Å². The molecule has 1 rings (SSSR count). The van der Waals surface area contributed by atoms with Crippen molar-refractivity contribution >= 4 is 5.91 Å². The second kappa shape index (κ2) is 5.67. The first-order valence-electron chi connectivity index (χ1n) is 6.45. The average molecular weight is 226 g/mol. The highest BCUT2D eigenvalue weighted by atomic mass is 16.1. The van der Waals surface area contributed by atoms with Crippen molar-refractivity contribution in [3.8, 4) is 0 Å². The van der Waals surface area contributed by atoms with Crippen molar-refractivity contribution in [1.29, 1.82) is 0 Å². The summed E-state index contributed by atoms with van der Waals surface area (Å²) in [7, 11) is 0. The van der Waals surface area contributed by atoms with Gasteiger partial charge in [-0.25, -0.2) is 0 Å². The molecule has 3 heteroatoms. The van der Waals surface area contributed by atoms with Crippen LogP contribution in [0.15, 0.2) is 0 Å². The fourth-order valence-corrected chi connectivity index (χ4v) is 2.27. The van der Waals surface area contributed by atoms with E-state index >= 15 is 0 Å². The summed E-state index contributed by atoms with van der Waals surface area (Å²) >= 11 is 0. The molecule has 1 fully saturated rings. The number of carbonyl (C=O) groups is 1. The van der Waals surface area contributed by atoms with Gasteiger partial charge >= 0.3 is 0 Å². The molecule has 3 nitrogen and oxygen atoms in total. The van der Waals surface area contributed by atoms with Crippen LogP contribution in [0.4, 0.5) is 0 Å². The minimum absolute atomic E-state index is 0.0555. The Bertz CT molecular complexity index is 228. The largest absolute Gasteiger partial charge is 0.353 e. The van der Waals surface area contributed by atoms with Crippen LogP contribution in [-0.4, -0.2) is 18.5 Å². The maximum atomic E-state index is 11.8. The van der Waals surface area contributed by atoms with Gasteiger partial charge in [0.25, 0.3) is 0 Å². The van der Waals surface area contributed by atoms with Gasteiger partial charge in [-0.3, -0.25) is 4.79 Å². The fourth-order valence-electron chi connectivity index (χ4n) is 2.27. The number of nitrogens with two attached hydrogens (primary N) is 1. The highest BCUT2D eigenvalue weighted by Gasteiger charge is 2.28. The molecule has 0 saturated heterocycles. The quantitative estimate of drug-likeness (QED) is 0.771. The zero-order valence-corrected chi connectivity index (χ0v) is 10.9. The highest BCUT2D eigenvalue weighted by Crippen LogP contribution is 2.35. The number of hydrogen-bond acceptors (Lipinski definition) is 2. The van der Waals surface area contributed by atoms with Crippen molar-refractivity contribution in [3.63, 3.8) is 0 Å². The van der Waals surface area contributed by atoms with E-state index in [-0.39, 0.29) is 11.8 Å². The predicted octanol–water partition coefficient (Wildman–Crippen LogP) is 2.06. The van der Waals surface area contributed by atoms with Crippen LogP contribution in [0.25, 0.3) is 0 Å². The normalized spacial score (nSPS) is 22.8.